The van der Waals surface area contributed by atoms with Crippen LogP contribution in [0.4, 0.5) is 0 Å². The minimum Gasteiger partial charge on any atom is -0.426 e. The van der Waals surface area contributed by atoms with Gasteiger partial charge in [0.25, 0.3) is 0 Å². The number of nitrogens with one attached hydrogen (secondary N) is 1. The van der Waals surface area contributed by atoms with E-state index in [-0.39, 0.29) is 11.4 Å². The van der Waals surface area contributed by atoms with Gasteiger partial charge in [0.05, 0.1) is 4.90 Å². The van der Waals surface area contributed by atoms with Gasteiger partial charge < -0.3 is 4.42 Å². The van der Waals surface area contributed by atoms with Gasteiger partial charge in [0.15, 0.2) is 0 Å². The first-order chi connectivity index (χ1) is 8.97. The van der Waals surface area contributed by atoms with Crippen molar-refractivity contribution in [3.63, 3.8) is 0 Å². The van der Waals surface area contributed by atoms with E-state index in [4.69, 9.17) is 4.42 Å². The van der Waals surface area contributed by atoms with Crippen LogP contribution in [0.2, 0.25) is 0 Å². The lowest BCUT2D eigenvalue weighted by molar-refractivity contribution is 0.466. The molecule has 1 heterocycles. The van der Waals surface area contributed by atoms with Gasteiger partial charge in [0.1, 0.15) is 0 Å². The van der Waals surface area contributed by atoms with Gasteiger partial charge in [0.2, 0.25) is 21.8 Å². The number of rotatable bonds is 5. The Labute approximate surface area is 111 Å². The number of nitrogens with zero attached hydrogens (tertiary/aromatic N) is 2. The zero-order valence-electron chi connectivity index (χ0n) is 10.8. The highest BCUT2D eigenvalue weighted by atomic mass is 32.2. The van der Waals surface area contributed by atoms with E-state index in [0.29, 0.717) is 18.2 Å². The van der Waals surface area contributed by atoms with Crippen LogP contribution in [0.3, 0.4) is 0 Å². The molecule has 19 heavy (non-hydrogen) atoms. The first kappa shape index (κ1) is 13.7. The van der Waals surface area contributed by atoms with Crippen molar-refractivity contribution in [1.82, 2.24) is 14.9 Å². The number of aromatic nitrogens is 2. The minimum atomic E-state index is -3.48. The fraction of sp³-hybridized carbons (Fsp3) is 0.333. The van der Waals surface area contributed by atoms with Crippen molar-refractivity contribution in [3.8, 4) is 0 Å². The zero-order valence-corrected chi connectivity index (χ0v) is 11.6. The van der Waals surface area contributed by atoms with E-state index in [0.717, 1.165) is 5.56 Å². The molecular formula is C12H15N3O3S. The third kappa shape index (κ3) is 3.62. The van der Waals surface area contributed by atoms with Gasteiger partial charge in [-0.15, -0.1) is 10.2 Å². The summed E-state index contributed by atoms with van der Waals surface area (Å²) in [4.78, 5) is 0.250. The molecule has 0 atom stereocenters. The SMILES string of the molecule is Cc1ccc(S(=O)(=O)NCCc2nnc(C)o2)cc1. The van der Waals surface area contributed by atoms with Crippen molar-refractivity contribution in [3.05, 3.63) is 41.6 Å². The third-order valence-corrected chi connectivity index (χ3v) is 4.01. The van der Waals surface area contributed by atoms with Crippen LogP contribution in [0.15, 0.2) is 33.6 Å². The Balaban J connectivity index is 1.96. The molecule has 1 aromatic carbocycles. The topological polar surface area (TPSA) is 85.1 Å². The van der Waals surface area contributed by atoms with Crippen molar-refractivity contribution in [2.45, 2.75) is 25.2 Å². The van der Waals surface area contributed by atoms with E-state index in [1.54, 1.807) is 31.2 Å². The fourth-order valence-electron chi connectivity index (χ4n) is 1.53. The third-order valence-electron chi connectivity index (χ3n) is 2.53. The lowest BCUT2D eigenvalue weighted by Crippen LogP contribution is -2.26. The molecule has 6 nitrogen and oxygen atoms in total. The van der Waals surface area contributed by atoms with Crippen LogP contribution in [0, 0.1) is 13.8 Å². The Morgan fingerprint density at radius 1 is 1.16 bits per heavy atom. The zero-order chi connectivity index (χ0) is 13.9. The van der Waals surface area contributed by atoms with Crippen molar-refractivity contribution in [2.75, 3.05) is 6.54 Å². The second-order valence-corrected chi connectivity index (χ2v) is 5.94. The molecule has 0 fully saturated rings. The summed E-state index contributed by atoms with van der Waals surface area (Å²) < 4.78 is 31.6. The predicted molar refractivity (Wildman–Crippen MR) is 69.1 cm³/mol. The second kappa shape index (κ2) is 5.50. The van der Waals surface area contributed by atoms with Crippen LogP contribution < -0.4 is 4.72 Å². The number of benzene rings is 1. The van der Waals surface area contributed by atoms with Crippen molar-refractivity contribution in [2.24, 2.45) is 0 Å². The molecule has 0 saturated carbocycles. The van der Waals surface area contributed by atoms with Gasteiger partial charge in [0, 0.05) is 19.9 Å². The normalized spacial score (nSPS) is 11.7. The molecule has 0 saturated heterocycles. The van der Waals surface area contributed by atoms with Gasteiger partial charge in [-0.1, -0.05) is 17.7 Å². The Hall–Kier alpha value is -1.73. The lowest BCUT2D eigenvalue weighted by atomic mass is 10.2. The van der Waals surface area contributed by atoms with Crippen LogP contribution in [-0.4, -0.2) is 25.2 Å². The molecule has 0 bridgehead atoms. The maximum absolute atomic E-state index is 12.0. The molecule has 0 spiro atoms. The van der Waals surface area contributed by atoms with Crippen LogP contribution in [0.1, 0.15) is 17.3 Å². The van der Waals surface area contributed by atoms with E-state index in [1.165, 1.54) is 0 Å². The molecule has 1 N–H and O–H groups in total. The molecule has 102 valence electrons. The monoisotopic (exact) mass is 281 g/mol. The fourth-order valence-corrected chi connectivity index (χ4v) is 2.56. The van der Waals surface area contributed by atoms with E-state index >= 15 is 0 Å². The van der Waals surface area contributed by atoms with Crippen LogP contribution in [-0.2, 0) is 16.4 Å². The van der Waals surface area contributed by atoms with E-state index in [1.807, 2.05) is 6.92 Å². The summed E-state index contributed by atoms with van der Waals surface area (Å²) >= 11 is 0. The van der Waals surface area contributed by atoms with Gasteiger partial charge in [-0.2, -0.15) is 0 Å². The molecule has 7 heteroatoms. The Morgan fingerprint density at radius 2 is 1.84 bits per heavy atom. The Morgan fingerprint density at radius 3 is 2.42 bits per heavy atom. The number of sulfonamides is 1. The molecule has 2 rings (SSSR count). The first-order valence-corrected chi connectivity index (χ1v) is 7.31. The van der Waals surface area contributed by atoms with E-state index < -0.39 is 10.0 Å². The molecule has 0 radical (unpaired) electrons. The highest BCUT2D eigenvalue weighted by Crippen LogP contribution is 2.09. The molecule has 0 amide bonds. The second-order valence-electron chi connectivity index (χ2n) is 4.18. The quantitative estimate of drug-likeness (QED) is 0.890. The average molecular weight is 281 g/mol. The maximum Gasteiger partial charge on any atom is 0.240 e. The largest absolute Gasteiger partial charge is 0.426 e. The van der Waals surface area contributed by atoms with E-state index in [9.17, 15) is 8.42 Å². The van der Waals surface area contributed by atoms with E-state index in [2.05, 4.69) is 14.9 Å². The maximum atomic E-state index is 12.0. The number of hydrogen-bond acceptors (Lipinski definition) is 5. The first-order valence-electron chi connectivity index (χ1n) is 5.83. The Bertz CT molecular complexity index is 647. The van der Waals surface area contributed by atoms with Crippen molar-refractivity contribution in [1.29, 1.82) is 0 Å². The molecule has 0 aliphatic rings. The summed E-state index contributed by atoms with van der Waals surface area (Å²) in [6.45, 7) is 3.81. The van der Waals surface area contributed by atoms with Crippen molar-refractivity contribution < 1.29 is 12.8 Å². The minimum absolute atomic E-state index is 0.220. The molecule has 0 aliphatic heterocycles. The summed E-state index contributed by atoms with van der Waals surface area (Å²) in [6, 6.07) is 6.68. The van der Waals surface area contributed by atoms with Gasteiger partial charge >= 0.3 is 0 Å². The predicted octanol–water partition coefficient (Wildman–Crippen LogP) is 1.21. The average Bonchev–Trinajstić information content (AvgIpc) is 2.75. The number of hydrogen-bond donors (Lipinski definition) is 1. The van der Waals surface area contributed by atoms with Crippen LogP contribution in [0.5, 0.6) is 0 Å². The van der Waals surface area contributed by atoms with Gasteiger partial charge in [-0.05, 0) is 19.1 Å². The molecular weight excluding hydrogens is 266 g/mol. The van der Waals surface area contributed by atoms with Gasteiger partial charge in [-0.25, -0.2) is 13.1 Å². The van der Waals surface area contributed by atoms with Gasteiger partial charge in [-0.3, -0.25) is 0 Å². The Kier molecular flexibility index (Phi) is 3.96. The smallest absolute Gasteiger partial charge is 0.240 e. The lowest BCUT2D eigenvalue weighted by Gasteiger charge is -2.05. The molecule has 1 aromatic heterocycles. The standard InChI is InChI=1S/C12H15N3O3S/c1-9-3-5-11(6-4-9)19(16,17)13-8-7-12-15-14-10(2)18-12/h3-6,13H,7-8H2,1-2H3. The molecule has 2 aromatic rings. The summed E-state index contributed by atoms with van der Waals surface area (Å²) in [5.41, 5.74) is 1.01. The summed E-state index contributed by atoms with van der Waals surface area (Å²) in [6.07, 6.45) is 0.367. The van der Waals surface area contributed by atoms with Crippen molar-refractivity contribution >= 4 is 10.0 Å². The van der Waals surface area contributed by atoms with Crippen LogP contribution >= 0.6 is 0 Å². The number of aryl methyl sites for hydroxylation is 2. The summed E-state index contributed by atoms with van der Waals surface area (Å²) in [5, 5.41) is 7.47. The molecule has 0 unspecified atom stereocenters. The molecule has 0 aliphatic carbocycles. The highest BCUT2D eigenvalue weighted by Gasteiger charge is 2.13. The highest BCUT2D eigenvalue weighted by molar-refractivity contribution is 7.89. The summed E-state index contributed by atoms with van der Waals surface area (Å²) in [7, 11) is -3.48. The summed E-state index contributed by atoms with van der Waals surface area (Å²) in [5.74, 6) is 0.889. The van der Waals surface area contributed by atoms with Crippen LogP contribution in [0.25, 0.3) is 0 Å².